The molecule has 0 atom stereocenters. The van der Waals surface area contributed by atoms with E-state index in [1.165, 1.54) is 12.1 Å². The number of benzene rings is 2. The van der Waals surface area contributed by atoms with Gasteiger partial charge in [-0.25, -0.2) is 4.98 Å². The third-order valence-electron chi connectivity index (χ3n) is 4.77. The third kappa shape index (κ3) is 4.56. The molecule has 3 aromatic rings. The van der Waals surface area contributed by atoms with Gasteiger partial charge in [-0.1, -0.05) is 75.7 Å². The molecule has 0 saturated heterocycles. The van der Waals surface area contributed by atoms with Gasteiger partial charge in [0.2, 0.25) is 0 Å². The zero-order valence-electron chi connectivity index (χ0n) is 17.7. The van der Waals surface area contributed by atoms with Crippen molar-refractivity contribution in [2.45, 2.75) is 45.5 Å². The lowest BCUT2D eigenvalue weighted by molar-refractivity contribution is -0.137. The van der Waals surface area contributed by atoms with Gasteiger partial charge < -0.3 is 4.23 Å². The molecule has 0 saturated carbocycles. The van der Waals surface area contributed by atoms with Crippen LogP contribution in [0, 0.1) is 0 Å². The van der Waals surface area contributed by atoms with Crippen LogP contribution in [-0.2, 0) is 6.18 Å². The van der Waals surface area contributed by atoms with Crippen LogP contribution < -0.4 is 4.23 Å². The Morgan fingerprint density at radius 1 is 0.793 bits per heavy atom. The number of alkyl halides is 3. The zero-order chi connectivity index (χ0) is 21.6. The summed E-state index contributed by atoms with van der Waals surface area (Å²) in [6, 6.07) is 15.6. The summed E-state index contributed by atoms with van der Waals surface area (Å²) in [5.74, 6) is 0. The summed E-state index contributed by atoms with van der Waals surface area (Å²) >= 11 is 0. The number of hydrogen-bond donors (Lipinski definition) is 0. The molecule has 0 amide bonds. The molecule has 0 bridgehead atoms. The van der Waals surface area contributed by atoms with E-state index in [4.69, 9.17) is 0 Å². The second-order valence-corrected chi connectivity index (χ2v) is 19.3. The van der Waals surface area contributed by atoms with Crippen molar-refractivity contribution in [2.75, 3.05) is 4.23 Å². The van der Waals surface area contributed by atoms with E-state index in [9.17, 15) is 13.2 Å². The molecule has 1 heterocycles. The van der Waals surface area contributed by atoms with E-state index in [1.54, 1.807) is 6.07 Å². The lowest BCUT2D eigenvalue weighted by Gasteiger charge is -2.46. The molecule has 3 rings (SSSR count). The molecule has 154 valence electrons. The predicted molar refractivity (Wildman–Crippen MR) is 121 cm³/mol. The highest BCUT2D eigenvalue weighted by Crippen LogP contribution is 2.39. The molecule has 0 aliphatic rings. The highest BCUT2D eigenvalue weighted by atomic mass is 28.4. The predicted octanol–water partition coefficient (Wildman–Crippen LogP) is 7.40. The van der Waals surface area contributed by atoms with E-state index >= 15 is 0 Å². The number of hydrogen-bond acceptors (Lipinski definition) is 2. The molecule has 7 heteroatoms. The zero-order valence-corrected chi connectivity index (χ0v) is 19.7. The van der Waals surface area contributed by atoms with Crippen LogP contribution in [0.1, 0.15) is 5.56 Å². The quantitative estimate of drug-likeness (QED) is 0.399. The van der Waals surface area contributed by atoms with Crippen molar-refractivity contribution in [3.05, 3.63) is 60.2 Å². The molecular weight excluding hydrogens is 405 g/mol. The van der Waals surface area contributed by atoms with E-state index < -0.39 is 28.2 Å². The smallest absolute Gasteiger partial charge is 0.416 e. The topological polar surface area (TPSA) is 16.1 Å². The monoisotopic (exact) mass is 432 g/mol. The maximum atomic E-state index is 13.4. The fraction of sp³-hybridized carbons (Fsp3) is 0.318. The Morgan fingerprint density at radius 2 is 1.38 bits per heavy atom. The van der Waals surface area contributed by atoms with Crippen LogP contribution in [-0.4, -0.2) is 21.5 Å². The Hall–Kier alpha value is -2.13. The van der Waals surface area contributed by atoms with Crippen LogP contribution >= 0.6 is 0 Å². The molecule has 29 heavy (non-hydrogen) atoms. The maximum Gasteiger partial charge on any atom is 0.416 e. The Balaban J connectivity index is 2.38. The minimum absolute atomic E-state index is 0.387. The lowest BCUT2D eigenvalue weighted by atomic mass is 10.1. The molecular formula is C22H27F3N2Si2. The normalized spacial score (nSPS) is 13.0. The summed E-state index contributed by atoms with van der Waals surface area (Å²) < 4.78 is 42.6. The van der Waals surface area contributed by atoms with Crippen molar-refractivity contribution < 1.29 is 13.2 Å². The van der Waals surface area contributed by atoms with Crippen molar-refractivity contribution in [3.8, 4) is 11.3 Å². The number of halogens is 3. The molecule has 0 N–H and O–H groups in total. The van der Waals surface area contributed by atoms with Crippen LogP contribution in [0.25, 0.3) is 22.2 Å². The number of rotatable bonds is 4. The summed E-state index contributed by atoms with van der Waals surface area (Å²) in [5, 5.41) is 0.780. The average molecular weight is 433 g/mol. The highest BCUT2D eigenvalue weighted by molar-refractivity contribution is 6.99. The first-order chi connectivity index (χ1) is 13.3. The maximum absolute atomic E-state index is 13.4. The van der Waals surface area contributed by atoms with Crippen molar-refractivity contribution in [3.63, 3.8) is 0 Å². The number of anilines is 1. The largest absolute Gasteiger partial charge is 0.424 e. The van der Waals surface area contributed by atoms with Gasteiger partial charge in [0.15, 0.2) is 0 Å². The van der Waals surface area contributed by atoms with Gasteiger partial charge in [-0.05, 0) is 18.2 Å². The van der Waals surface area contributed by atoms with Gasteiger partial charge in [-0.3, -0.25) is 0 Å². The van der Waals surface area contributed by atoms with Crippen LogP contribution in [0.5, 0.6) is 0 Å². The summed E-state index contributed by atoms with van der Waals surface area (Å²) in [5.41, 5.74) is 2.33. The molecule has 0 unspecified atom stereocenters. The fourth-order valence-corrected chi connectivity index (χ4v) is 13.9. The first-order valence-electron chi connectivity index (χ1n) is 9.66. The molecule has 2 nitrogen and oxygen atoms in total. The van der Waals surface area contributed by atoms with Gasteiger partial charge in [0.25, 0.3) is 0 Å². The van der Waals surface area contributed by atoms with Gasteiger partial charge >= 0.3 is 6.18 Å². The molecule has 0 radical (unpaired) electrons. The van der Waals surface area contributed by atoms with Gasteiger partial charge in [-0.2, -0.15) is 13.2 Å². The van der Waals surface area contributed by atoms with Gasteiger partial charge in [0, 0.05) is 16.6 Å². The molecule has 1 aromatic heterocycles. The average Bonchev–Trinajstić information content (AvgIpc) is 2.58. The Labute approximate surface area is 172 Å². The molecule has 0 fully saturated rings. The first kappa shape index (κ1) is 21.6. The third-order valence-corrected chi connectivity index (χ3v) is 12.0. The van der Waals surface area contributed by atoms with Gasteiger partial charge in [-0.15, -0.1) is 0 Å². The molecule has 0 aliphatic carbocycles. The minimum Gasteiger partial charge on any atom is -0.424 e. The van der Waals surface area contributed by atoms with E-state index in [2.05, 4.69) is 54.6 Å². The van der Waals surface area contributed by atoms with Crippen LogP contribution in [0.3, 0.4) is 0 Å². The number of aromatic nitrogens is 1. The van der Waals surface area contributed by atoms with E-state index in [-0.39, 0.29) is 0 Å². The highest BCUT2D eigenvalue weighted by Gasteiger charge is 2.36. The van der Waals surface area contributed by atoms with E-state index in [0.717, 1.165) is 16.6 Å². The van der Waals surface area contributed by atoms with Crippen molar-refractivity contribution in [2.24, 2.45) is 0 Å². The molecule has 0 aliphatic heterocycles. The van der Waals surface area contributed by atoms with Gasteiger partial charge in [0.05, 0.1) is 16.8 Å². The van der Waals surface area contributed by atoms with Crippen molar-refractivity contribution in [1.82, 2.24) is 4.98 Å². The second kappa shape index (κ2) is 7.29. The number of pyridine rings is 1. The summed E-state index contributed by atoms with van der Waals surface area (Å²) in [6.07, 6.45) is -4.39. The Morgan fingerprint density at radius 3 is 1.90 bits per heavy atom. The first-order valence-corrected chi connectivity index (χ1v) is 16.6. The fourth-order valence-electron chi connectivity index (χ4n) is 4.06. The van der Waals surface area contributed by atoms with Crippen molar-refractivity contribution in [1.29, 1.82) is 0 Å². The number of nitrogens with zero attached hydrogens (tertiary/aromatic N) is 2. The van der Waals surface area contributed by atoms with Crippen LogP contribution in [0.15, 0.2) is 54.6 Å². The standard InChI is InChI=1S/C22H27F3N2Si2/c1-28(2,3)27(29(4,5)6)21-15-19(16-10-8-7-9-11-16)26-20-14-17(22(23,24)25)12-13-18(20)21/h7-15H,1-6H3. The summed E-state index contributed by atoms with van der Waals surface area (Å²) in [4.78, 5) is 4.63. The van der Waals surface area contributed by atoms with Gasteiger partial charge in [0.1, 0.15) is 16.5 Å². The van der Waals surface area contributed by atoms with Crippen LogP contribution in [0.2, 0.25) is 39.3 Å². The van der Waals surface area contributed by atoms with Crippen molar-refractivity contribution >= 4 is 33.1 Å². The Kier molecular flexibility index (Phi) is 5.42. The summed E-state index contributed by atoms with van der Waals surface area (Å²) in [7, 11) is -3.62. The Bertz CT molecular complexity index is 1010. The van der Waals surface area contributed by atoms with Crippen LogP contribution in [0.4, 0.5) is 18.9 Å². The SMILES string of the molecule is C[Si](C)(C)N(c1cc(-c2ccccc2)nc2cc(C(F)(F)F)ccc12)[Si](C)(C)C. The second-order valence-electron chi connectivity index (χ2n) is 9.30. The summed E-state index contributed by atoms with van der Waals surface area (Å²) in [6.45, 7) is 13.7. The van der Waals surface area contributed by atoms with E-state index in [0.29, 0.717) is 11.2 Å². The minimum atomic E-state index is -4.39. The van der Waals surface area contributed by atoms with E-state index in [1.807, 2.05) is 30.3 Å². The number of fused-ring (bicyclic) bond motifs is 1. The molecule has 2 aromatic carbocycles. The lowest BCUT2D eigenvalue weighted by Crippen LogP contribution is -2.59. The molecule has 0 spiro atoms.